The third-order valence-corrected chi connectivity index (χ3v) is 6.30. The number of likely N-dealkylation sites (tertiary alicyclic amines) is 1. The summed E-state index contributed by atoms with van der Waals surface area (Å²) in [5.41, 5.74) is 0.422. The molecule has 28 heavy (non-hydrogen) atoms. The van der Waals surface area contributed by atoms with Crippen molar-refractivity contribution in [1.82, 2.24) is 4.90 Å². The molecular weight excluding hydrogens is 358 g/mol. The van der Waals surface area contributed by atoms with E-state index in [9.17, 15) is 14.7 Å². The van der Waals surface area contributed by atoms with E-state index in [0.29, 0.717) is 36.0 Å². The minimum atomic E-state index is -0.578. The van der Waals surface area contributed by atoms with Crippen molar-refractivity contribution in [3.63, 3.8) is 0 Å². The smallest absolute Gasteiger partial charge is 0.337 e. The lowest BCUT2D eigenvalue weighted by Crippen LogP contribution is -2.42. The zero-order valence-electron chi connectivity index (χ0n) is 16.1. The van der Waals surface area contributed by atoms with Crippen molar-refractivity contribution in [2.75, 3.05) is 20.2 Å². The number of carbonyl (C=O) groups excluding carboxylic acids is 2. The predicted molar refractivity (Wildman–Crippen MR) is 103 cm³/mol. The van der Waals surface area contributed by atoms with Gasteiger partial charge in [0, 0.05) is 19.0 Å². The van der Waals surface area contributed by atoms with Gasteiger partial charge in [-0.2, -0.15) is 0 Å². The van der Waals surface area contributed by atoms with Gasteiger partial charge in [0.2, 0.25) is 5.91 Å². The second-order valence-corrected chi connectivity index (χ2v) is 8.12. The number of fused-ring (bicyclic) bond motifs is 1. The van der Waals surface area contributed by atoms with Gasteiger partial charge >= 0.3 is 5.97 Å². The third kappa shape index (κ3) is 3.78. The van der Waals surface area contributed by atoms with Crippen LogP contribution in [0.15, 0.2) is 36.4 Å². The van der Waals surface area contributed by atoms with Gasteiger partial charge in [0.1, 0.15) is 11.9 Å². The van der Waals surface area contributed by atoms with Crippen molar-refractivity contribution in [3.05, 3.63) is 42.0 Å². The minimum absolute atomic E-state index is 0.0955. The maximum atomic E-state index is 12.7. The maximum absolute atomic E-state index is 12.7. The normalized spacial score (nSPS) is 29.6. The molecular formula is C22H27NO5. The highest BCUT2D eigenvalue weighted by molar-refractivity contribution is 5.89. The Morgan fingerprint density at radius 3 is 2.54 bits per heavy atom. The first-order valence-corrected chi connectivity index (χ1v) is 10.0. The first kappa shape index (κ1) is 19.0. The van der Waals surface area contributed by atoms with Gasteiger partial charge in [-0.15, -0.1) is 0 Å². The third-order valence-electron chi connectivity index (χ3n) is 6.30. The number of allylic oxidation sites excluding steroid dienone is 2. The second kappa shape index (κ2) is 7.95. The Morgan fingerprint density at radius 1 is 1.11 bits per heavy atom. The lowest BCUT2D eigenvalue weighted by atomic mass is 9.78. The average molecular weight is 385 g/mol. The number of nitrogens with zero attached hydrogens (tertiary/aromatic N) is 1. The number of carbonyl (C=O) groups is 2. The monoisotopic (exact) mass is 385 g/mol. The number of benzene rings is 1. The Bertz CT molecular complexity index is 768. The van der Waals surface area contributed by atoms with E-state index in [0.717, 1.165) is 25.9 Å². The van der Waals surface area contributed by atoms with E-state index in [-0.39, 0.29) is 17.9 Å². The van der Waals surface area contributed by atoms with E-state index < -0.39 is 12.1 Å². The van der Waals surface area contributed by atoms with Crippen LogP contribution in [0, 0.1) is 17.8 Å². The summed E-state index contributed by atoms with van der Waals surface area (Å²) in [4.78, 5) is 26.4. The van der Waals surface area contributed by atoms with E-state index in [2.05, 4.69) is 12.2 Å². The van der Waals surface area contributed by atoms with Crippen LogP contribution in [0.5, 0.6) is 5.75 Å². The molecule has 4 atom stereocenters. The molecule has 1 aliphatic heterocycles. The fourth-order valence-corrected chi connectivity index (χ4v) is 4.76. The lowest BCUT2D eigenvalue weighted by molar-refractivity contribution is -0.134. The largest absolute Gasteiger partial charge is 0.488 e. The van der Waals surface area contributed by atoms with Crippen LogP contribution in [0.1, 0.15) is 36.0 Å². The first-order valence-electron chi connectivity index (χ1n) is 10.0. The highest BCUT2D eigenvalue weighted by Gasteiger charge is 2.44. The van der Waals surface area contributed by atoms with Crippen molar-refractivity contribution >= 4 is 11.9 Å². The summed E-state index contributed by atoms with van der Waals surface area (Å²) in [7, 11) is 1.34. The molecule has 0 aromatic heterocycles. The first-order chi connectivity index (χ1) is 13.5. The van der Waals surface area contributed by atoms with Crippen molar-refractivity contribution < 1.29 is 24.2 Å². The Hall–Kier alpha value is -2.34. The summed E-state index contributed by atoms with van der Waals surface area (Å²) in [5, 5.41) is 10.6. The average Bonchev–Trinajstić information content (AvgIpc) is 3.37. The molecule has 1 N–H and O–H groups in total. The van der Waals surface area contributed by atoms with E-state index in [4.69, 9.17) is 9.47 Å². The van der Waals surface area contributed by atoms with E-state index in [1.54, 1.807) is 24.3 Å². The SMILES string of the molecule is COC(=O)c1cccc(O[C@@H]2C[C@@H]3CN(C(=O)C4CC=CC4)C[C@@H]3C[C@H]2O)c1. The van der Waals surface area contributed by atoms with Gasteiger partial charge in [-0.1, -0.05) is 18.2 Å². The van der Waals surface area contributed by atoms with Gasteiger partial charge in [0.15, 0.2) is 0 Å². The Balaban J connectivity index is 1.39. The molecule has 2 fully saturated rings. The van der Waals surface area contributed by atoms with Gasteiger partial charge in [-0.3, -0.25) is 4.79 Å². The molecule has 1 saturated heterocycles. The van der Waals surface area contributed by atoms with Crippen molar-refractivity contribution in [1.29, 1.82) is 0 Å². The molecule has 1 aromatic rings. The molecule has 0 spiro atoms. The van der Waals surface area contributed by atoms with Crippen molar-refractivity contribution in [2.45, 2.75) is 37.9 Å². The molecule has 2 aliphatic carbocycles. The van der Waals surface area contributed by atoms with E-state index in [1.165, 1.54) is 7.11 Å². The summed E-state index contributed by atoms with van der Waals surface area (Å²) in [5.74, 6) is 1.15. The zero-order valence-corrected chi connectivity index (χ0v) is 16.1. The molecule has 6 heteroatoms. The van der Waals surface area contributed by atoms with Crippen LogP contribution >= 0.6 is 0 Å². The predicted octanol–water partition coefficient (Wildman–Crippen LogP) is 2.42. The number of aliphatic hydroxyl groups is 1. The van der Waals surface area contributed by atoms with Crippen LogP contribution in [0.4, 0.5) is 0 Å². The Morgan fingerprint density at radius 2 is 1.82 bits per heavy atom. The van der Waals surface area contributed by atoms with Crippen LogP contribution in [-0.4, -0.2) is 54.3 Å². The highest BCUT2D eigenvalue weighted by atomic mass is 16.5. The number of esters is 1. The molecule has 6 nitrogen and oxygen atoms in total. The highest BCUT2D eigenvalue weighted by Crippen LogP contribution is 2.39. The van der Waals surface area contributed by atoms with Gasteiger partial charge in [-0.05, 0) is 55.7 Å². The summed E-state index contributed by atoms with van der Waals surface area (Å²) in [6.45, 7) is 1.48. The van der Waals surface area contributed by atoms with Crippen molar-refractivity contribution in [2.24, 2.45) is 17.8 Å². The summed E-state index contributed by atoms with van der Waals surface area (Å²) < 4.78 is 10.8. The fourth-order valence-electron chi connectivity index (χ4n) is 4.76. The summed E-state index contributed by atoms with van der Waals surface area (Å²) in [6.07, 6.45) is 6.29. The molecule has 0 unspecified atom stereocenters. The Kier molecular flexibility index (Phi) is 5.40. The molecule has 1 saturated carbocycles. The van der Waals surface area contributed by atoms with Crippen LogP contribution in [0.25, 0.3) is 0 Å². The fraction of sp³-hybridized carbons (Fsp3) is 0.545. The molecule has 4 rings (SSSR count). The molecule has 1 heterocycles. The zero-order chi connectivity index (χ0) is 19.7. The minimum Gasteiger partial charge on any atom is -0.488 e. The number of hydrogen-bond donors (Lipinski definition) is 1. The maximum Gasteiger partial charge on any atom is 0.337 e. The van der Waals surface area contributed by atoms with Crippen LogP contribution in [0.2, 0.25) is 0 Å². The number of hydrogen-bond acceptors (Lipinski definition) is 5. The number of ether oxygens (including phenoxy) is 2. The molecule has 1 aromatic carbocycles. The second-order valence-electron chi connectivity index (χ2n) is 8.12. The standard InChI is InChI=1S/C22H27NO5/c1-27-22(26)15-7-4-8-18(9-15)28-20-11-17-13-23(12-16(17)10-19(20)24)21(25)14-5-2-3-6-14/h2-4,7-9,14,16-17,19-20,24H,5-6,10-13H2,1H3/t16-,17+,19+,20+/m0/s1. The van der Waals surface area contributed by atoms with Gasteiger partial charge < -0.3 is 19.5 Å². The van der Waals surface area contributed by atoms with Crippen LogP contribution in [-0.2, 0) is 9.53 Å². The quantitative estimate of drug-likeness (QED) is 0.636. The Labute approximate surface area is 165 Å². The molecule has 1 amide bonds. The summed E-state index contributed by atoms with van der Waals surface area (Å²) >= 11 is 0. The van der Waals surface area contributed by atoms with Gasteiger partial charge in [0.05, 0.1) is 18.8 Å². The molecule has 3 aliphatic rings. The van der Waals surface area contributed by atoms with Gasteiger partial charge in [0.25, 0.3) is 0 Å². The number of rotatable bonds is 4. The number of methoxy groups -OCH3 is 1. The topological polar surface area (TPSA) is 76.1 Å². The van der Waals surface area contributed by atoms with Crippen LogP contribution < -0.4 is 4.74 Å². The number of aliphatic hydroxyl groups excluding tert-OH is 1. The van der Waals surface area contributed by atoms with Crippen LogP contribution in [0.3, 0.4) is 0 Å². The van der Waals surface area contributed by atoms with Gasteiger partial charge in [-0.25, -0.2) is 4.79 Å². The summed E-state index contributed by atoms with van der Waals surface area (Å²) in [6, 6.07) is 6.83. The molecule has 150 valence electrons. The molecule has 0 radical (unpaired) electrons. The van der Waals surface area contributed by atoms with Crippen molar-refractivity contribution in [3.8, 4) is 5.75 Å². The van der Waals surface area contributed by atoms with E-state index in [1.807, 2.05) is 4.90 Å². The lowest BCUT2D eigenvalue weighted by Gasteiger charge is -2.35. The molecule has 0 bridgehead atoms. The number of amides is 1. The van der Waals surface area contributed by atoms with E-state index >= 15 is 0 Å².